The highest BCUT2D eigenvalue weighted by Crippen LogP contribution is 2.45. The van der Waals surface area contributed by atoms with Crippen LogP contribution >= 0.6 is 23.1 Å². The van der Waals surface area contributed by atoms with Crippen molar-refractivity contribution in [1.29, 1.82) is 0 Å². The van der Waals surface area contributed by atoms with Crippen LogP contribution in [0.4, 0.5) is 5.69 Å². The van der Waals surface area contributed by atoms with Crippen LogP contribution in [0.5, 0.6) is 0 Å². The lowest BCUT2D eigenvalue weighted by molar-refractivity contribution is -0.159. The predicted molar refractivity (Wildman–Crippen MR) is 112 cm³/mol. The summed E-state index contributed by atoms with van der Waals surface area (Å²) in [4.78, 5) is 35.9. The molecule has 1 aliphatic rings. The Morgan fingerprint density at radius 2 is 1.79 bits per heavy atom. The Kier molecular flexibility index (Phi) is 8.21. The zero-order chi connectivity index (χ0) is 21.6. The molecule has 1 aliphatic heterocycles. The van der Waals surface area contributed by atoms with Crippen LogP contribution in [0, 0.1) is 0 Å². The SMILES string of the molecule is CN(C)CCN1C(=O)[C@H](O)[C@H](c2ccsc2)Sc2ccccc21.O=C(O)C(=O)O. The van der Waals surface area contributed by atoms with Crippen molar-refractivity contribution < 1.29 is 29.7 Å². The van der Waals surface area contributed by atoms with E-state index in [2.05, 4.69) is 0 Å². The second-order valence-corrected chi connectivity index (χ2v) is 8.37. The minimum absolute atomic E-state index is 0.222. The predicted octanol–water partition coefficient (Wildman–Crippen LogP) is 2.01. The lowest BCUT2D eigenvalue weighted by Crippen LogP contribution is -2.43. The van der Waals surface area contributed by atoms with Crippen molar-refractivity contribution in [1.82, 2.24) is 4.90 Å². The normalized spacial score (nSPS) is 18.5. The van der Waals surface area contributed by atoms with E-state index in [1.165, 1.54) is 0 Å². The first-order valence-corrected chi connectivity index (χ1v) is 10.4. The van der Waals surface area contributed by atoms with E-state index in [0.29, 0.717) is 6.54 Å². The first-order chi connectivity index (χ1) is 13.7. The molecule has 8 nitrogen and oxygen atoms in total. The second-order valence-electron chi connectivity index (χ2n) is 6.41. The minimum atomic E-state index is -1.82. The van der Waals surface area contributed by atoms with Gasteiger partial charge in [0.25, 0.3) is 5.91 Å². The standard InChI is InChI=1S/C17H20N2O2S2.C2H2O4/c1-18(2)8-9-19-13-5-3-4-6-14(13)23-16(15(20)17(19)21)12-7-10-22-11-12;3-1(4)2(5)6/h3-7,10-11,15-16,20H,8-9H2,1-2H3;(H,3,4)(H,5,6)/t15-,16+;/m1./s1. The zero-order valence-electron chi connectivity index (χ0n) is 15.9. The van der Waals surface area contributed by atoms with Crippen LogP contribution in [0.25, 0.3) is 0 Å². The largest absolute Gasteiger partial charge is 0.473 e. The fraction of sp³-hybridized carbons (Fsp3) is 0.316. The number of amides is 1. The zero-order valence-corrected chi connectivity index (χ0v) is 17.5. The number of hydrogen-bond donors (Lipinski definition) is 3. The van der Waals surface area contributed by atoms with Gasteiger partial charge < -0.3 is 25.1 Å². The molecule has 0 saturated heterocycles. The molecule has 0 spiro atoms. The number of rotatable bonds is 4. The van der Waals surface area contributed by atoms with E-state index in [-0.39, 0.29) is 11.2 Å². The van der Waals surface area contributed by atoms with Crippen LogP contribution in [-0.2, 0) is 14.4 Å². The minimum Gasteiger partial charge on any atom is -0.473 e. The molecule has 0 unspecified atom stereocenters. The molecule has 1 amide bonds. The average Bonchev–Trinajstić information content (AvgIpc) is 3.18. The fourth-order valence-electron chi connectivity index (χ4n) is 2.61. The van der Waals surface area contributed by atoms with Crippen LogP contribution in [-0.4, -0.2) is 71.4 Å². The van der Waals surface area contributed by atoms with Crippen LogP contribution < -0.4 is 4.90 Å². The van der Waals surface area contributed by atoms with E-state index in [9.17, 15) is 9.90 Å². The number of carbonyl (C=O) groups excluding carboxylic acids is 1. The first-order valence-electron chi connectivity index (χ1n) is 8.60. The maximum atomic E-state index is 12.9. The number of aliphatic hydroxyl groups excluding tert-OH is 1. The summed E-state index contributed by atoms with van der Waals surface area (Å²) in [5.41, 5.74) is 1.89. The Bertz CT molecular complexity index is 844. The van der Waals surface area contributed by atoms with Gasteiger partial charge in [0.2, 0.25) is 0 Å². The maximum absolute atomic E-state index is 12.9. The Hall–Kier alpha value is -2.40. The molecule has 156 valence electrons. The number of anilines is 1. The number of benzene rings is 1. The van der Waals surface area contributed by atoms with Gasteiger partial charge in [-0.05, 0) is 48.6 Å². The smallest absolute Gasteiger partial charge is 0.414 e. The molecule has 0 fully saturated rings. The van der Waals surface area contributed by atoms with Gasteiger partial charge in [0.1, 0.15) is 6.10 Å². The van der Waals surface area contributed by atoms with Gasteiger partial charge in [-0.1, -0.05) is 12.1 Å². The van der Waals surface area contributed by atoms with Gasteiger partial charge in [-0.3, -0.25) is 4.79 Å². The van der Waals surface area contributed by atoms with Crippen LogP contribution in [0.15, 0.2) is 46.0 Å². The number of thioether (sulfide) groups is 1. The molecule has 2 atom stereocenters. The van der Waals surface area contributed by atoms with Gasteiger partial charge in [0.15, 0.2) is 0 Å². The monoisotopic (exact) mass is 438 g/mol. The molecule has 1 aromatic heterocycles. The van der Waals surface area contributed by atoms with Crippen molar-refractivity contribution in [2.75, 3.05) is 32.1 Å². The number of nitrogens with zero attached hydrogens (tertiary/aromatic N) is 2. The Morgan fingerprint density at radius 1 is 1.14 bits per heavy atom. The highest BCUT2D eigenvalue weighted by atomic mass is 32.2. The van der Waals surface area contributed by atoms with E-state index < -0.39 is 18.0 Å². The van der Waals surface area contributed by atoms with E-state index in [0.717, 1.165) is 22.7 Å². The van der Waals surface area contributed by atoms with Crippen molar-refractivity contribution in [2.24, 2.45) is 0 Å². The molecule has 3 rings (SSSR count). The van der Waals surface area contributed by atoms with Gasteiger partial charge in [-0.25, -0.2) is 9.59 Å². The van der Waals surface area contributed by atoms with Gasteiger partial charge in [-0.2, -0.15) is 11.3 Å². The van der Waals surface area contributed by atoms with Crippen LogP contribution in [0.3, 0.4) is 0 Å². The van der Waals surface area contributed by atoms with Crippen molar-refractivity contribution in [3.63, 3.8) is 0 Å². The van der Waals surface area contributed by atoms with Crippen LogP contribution in [0.1, 0.15) is 10.8 Å². The molecule has 10 heteroatoms. The number of aliphatic carboxylic acids is 2. The van der Waals surface area contributed by atoms with Crippen molar-refractivity contribution in [3.05, 3.63) is 46.7 Å². The summed E-state index contributed by atoms with van der Waals surface area (Å²) in [6.45, 7) is 1.32. The van der Waals surface area contributed by atoms with Gasteiger partial charge in [0, 0.05) is 18.0 Å². The highest BCUT2D eigenvalue weighted by Gasteiger charge is 2.37. The number of carbonyl (C=O) groups is 3. The third-order valence-corrected chi connectivity index (χ3v) is 6.13. The number of carboxylic acids is 2. The summed E-state index contributed by atoms with van der Waals surface area (Å²) in [5, 5.41) is 29.2. The number of fused-ring (bicyclic) bond motifs is 1. The Labute approximate surface area is 176 Å². The third kappa shape index (κ3) is 6.04. The molecule has 0 bridgehead atoms. The second kappa shape index (κ2) is 10.4. The summed E-state index contributed by atoms with van der Waals surface area (Å²) in [6, 6.07) is 9.87. The molecule has 1 aromatic carbocycles. The number of hydrogen-bond acceptors (Lipinski definition) is 7. The number of likely N-dealkylation sites (N-methyl/N-ethyl adjacent to an activating group) is 1. The molecular formula is C19H22N2O6S2. The van der Waals surface area contributed by atoms with Crippen molar-refractivity contribution >= 4 is 46.6 Å². The molecule has 2 heterocycles. The average molecular weight is 439 g/mol. The van der Waals surface area contributed by atoms with E-state index in [4.69, 9.17) is 19.8 Å². The summed E-state index contributed by atoms with van der Waals surface area (Å²) < 4.78 is 0. The van der Waals surface area contributed by atoms with E-state index in [1.54, 1.807) is 28.0 Å². The summed E-state index contributed by atoms with van der Waals surface area (Å²) in [7, 11) is 3.96. The summed E-state index contributed by atoms with van der Waals surface area (Å²) in [6.07, 6.45) is -1.04. The van der Waals surface area contributed by atoms with E-state index in [1.807, 2.05) is 60.1 Å². The number of thiophene rings is 1. The summed E-state index contributed by atoms with van der Waals surface area (Å²) in [5.74, 6) is -3.87. The van der Waals surface area contributed by atoms with Gasteiger partial charge in [-0.15, -0.1) is 11.8 Å². The molecule has 0 saturated carbocycles. The third-order valence-electron chi connectivity index (χ3n) is 4.04. The van der Waals surface area contributed by atoms with Gasteiger partial charge in [0.05, 0.1) is 10.9 Å². The molecule has 3 N–H and O–H groups in total. The Balaban J connectivity index is 0.000000438. The number of para-hydroxylation sites is 1. The Morgan fingerprint density at radius 3 is 2.34 bits per heavy atom. The lowest BCUT2D eigenvalue weighted by atomic mass is 10.1. The first kappa shape index (κ1) is 22.9. The molecule has 0 radical (unpaired) electrons. The van der Waals surface area contributed by atoms with Crippen LogP contribution in [0.2, 0.25) is 0 Å². The van der Waals surface area contributed by atoms with Crippen molar-refractivity contribution in [2.45, 2.75) is 16.2 Å². The van der Waals surface area contributed by atoms with Gasteiger partial charge >= 0.3 is 11.9 Å². The number of carboxylic acid groups (broad SMARTS) is 2. The fourth-order valence-corrected chi connectivity index (χ4v) is 4.65. The maximum Gasteiger partial charge on any atom is 0.414 e. The molecule has 2 aromatic rings. The quantitative estimate of drug-likeness (QED) is 0.621. The van der Waals surface area contributed by atoms with Crippen molar-refractivity contribution in [3.8, 4) is 0 Å². The molecular weight excluding hydrogens is 416 g/mol. The highest BCUT2D eigenvalue weighted by molar-refractivity contribution is 7.99. The number of aliphatic hydroxyl groups is 1. The molecule has 0 aliphatic carbocycles. The van der Waals surface area contributed by atoms with E-state index >= 15 is 0 Å². The molecule has 29 heavy (non-hydrogen) atoms. The summed E-state index contributed by atoms with van der Waals surface area (Å²) >= 11 is 3.15. The topological polar surface area (TPSA) is 118 Å². The lowest BCUT2D eigenvalue weighted by Gasteiger charge is -2.26.